The summed E-state index contributed by atoms with van der Waals surface area (Å²) < 4.78 is 27.9. The number of ether oxygens (including phenoxy) is 3. The van der Waals surface area contributed by atoms with Crippen LogP contribution in [-0.4, -0.2) is 32.2 Å². The van der Waals surface area contributed by atoms with Crippen LogP contribution in [0.4, 0.5) is 10.1 Å². The fourth-order valence-electron chi connectivity index (χ4n) is 1.97. The van der Waals surface area contributed by atoms with E-state index in [1.54, 1.807) is 12.1 Å². The van der Waals surface area contributed by atoms with Gasteiger partial charge in [0.1, 0.15) is 17.3 Å². The number of rotatable bonds is 7. The molecule has 0 saturated carbocycles. The minimum absolute atomic E-state index is 0.326. The molecule has 2 aromatic rings. The van der Waals surface area contributed by atoms with Crippen LogP contribution < -0.4 is 14.8 Å². The van der Waals surface area contributed by atoms with Crippen molar-refractivity contribution >= 4 is 17.6 Å². The Kier molecular flexibility index (Phi) is 6.33. The molecule has 132 valence electrons. The van der Waals surface area contributed by atoms with Crippen LogP contribution in [0.5, 0.6) is 11.5 Å². The van der Waals surface area contributed by atoms with Crippen molar-refractivity contribution in [3.8, 4) is 11.5 Å². The molecule has 0 atom stereocenters. The number of halogens is 1. The van der Waals surface area contributed by atoms with Crippen LogP contribution in [0.3, 0.4) is 0 Å². The van der Waals surface area contributed by atoms with Gasteiger partial charge in [-0.1, -0.05) is 6.07 Å². The summed E-state index contributed by atoms with van der Waals surface area (Å²) in [5, 5.41) is 2.61. The minimum atomic E-state index is -0.712. The summed E-state index contributed by atoms with van der Waals surface area (Å²) >= 11 is 0. The smallest absolute Gasteiger partial charge is 0.344 e. The van der Waals surface area contributed by atoms with E-state index in [2.05, 4.69) is 5.32 Å². The number of hydrogen-bond acceptors (Lipinski definition) is 5. The van der Waals surface area contributed by atoms with Crippen molar-refractivity contribution in [3.63, 3.8) is 0 Å². The predicted octanol–water partition coefficient (Wildman–Crippen LogP) is 2.70. The average Bonchev–Trinajstić information content (AvgIpc) is 2.59. The third-order valence-corrected chi connectivity index (χ3v) is 3.16. The van der Waals surface area contributed by atoms with E-state index in [-0.39, 0.29) is 6.61 Å². The number of carbonyl (C=O) groups is 2. The van der Waals surface area contributed by atoms with E-state index < -0.39 is 24.3 Å². The van der Waals surface area contributed by atoms with Crippen molar-refractivity contribution in [2.45, 2.75) is 6.92 Å². The van der Waals surface area contributed by atoms with Crippen LogP contribution in [0.15, 0.2) is 42.5 Å². The normalized spacial score (nSPS) is 10.0. The standard InChI is InChI=1S/C18H18FNO5/c1-12-3-8-16(23-2)15(9-12)20-17(21)10-25-18(22)11-24-14-6-4-13(19)5-7-14/h3-9H,10-11H2,1-2H3,(H,20,21). The fraction of sp³-hybridized carbons (Fsp3) is 0.222. The molecular formula is C18H18FNO5. The van der Waals surface area contributed by atoms with Crippen molar-refractivity contribution in [1.82, 2.24) is 0 Å². The Bertz CT molecular complexity index is 746. The van der Waals surface area contributed by atoms with Crippen LogP contribution in [0, 0.1) is 12.7 Å². The number of anilines is 1. The first-order valence-electron chi connectivity index (χ1n) is 7.46. The van der Waals surface area contributed by atoms with Crippen molar-refractivity contribution < 1.29 is 28.2 Å². The van der Waals surface area contributed by atoms with Gasteiger partial charge in [-0.2, -0.15) is 0 Å². The fourth-order valence-corrected chi connectivity index (χ4v) is 1.97. The highest BCUT2D eigenvalue weighted by Crippen LogP contribution is 2.25. The number of benzene rings is 2. The van der Waals surface area contributed by atoms with Crippen molar-refractivity contribution in [2.24, 2.45) is 0 Å². The van der Waals surface area contributed by atoms with Gasteiger partial charge in [-0.3, -0.25) is 4.79 Å². The second-order valence-corrected chi connectivity index (χ2v) is 5.16. The Balaban J connectivity index is 1.78. The van der Waals surface area contributed by atoms with Crippen molar-refractivity contribution in [3.05, 3.63) is 53.8 Å². The molecule has 7 heteroatoms. The highest BCUT2D eigenvalue weighted by molar-refractivity contribution is 5.94. The molecule has 0 spiro atoms. The molecule has 0 unspecified atom stereocenters. The summed E-state index contributed by atoms with van der Waals surface area (Å²) in [6, 6.07) is 10.5. The molecule has 0 aromatic heterocycles. The van der Waals surface area contributed by atoms with Gasteiger partial charge in [0, 0.05) is 0 Å². The molecule has 0 aliphatic rings. The summed E-state index contributed by atoms with van der Waals surface area (Å²) in [6.07, 6.45) is 0. The van der Waals surface area contributed by atoms with Crippen LogP contribution in [0.25, 0.3) is 0 Å². The maximum absolute atomic E-state index is 12.8. The molecule has 0 heterocycles. The highest BCUT2D eigenvalue weighted by atomic mass is 19.1. The monoisotopic (exact) mass is 347 g/mol. The molecule has 0 fully saturated rings. The molecular weight excluding hydrogens is 329 g/mol. The van der Waals surface area contributed by atoms with Crippen LogP contribution in [0.1, 0.15) is 5.56 Å². The van der Waals surface area contributed by atoms with Gasteiger partial charge in [0.25, 0.3) is 5.91 Å². The zero-order valence-corrected chi connectivity index (χ0v) is 13.9. The average molecular weight is 347 g/mol. The topological polar surface area (TPSA) is 73.9 Å². The van der Waals surface area contributed by atoms with E-state index in [0.29, 0.717) is 17.2 Å². The third kappa shape index (κ3) is 5.80. The Hall–Kier alpha value is -3.09. The molecule has 0 radical (unpaired) electrons. The lowest BCUT2D eigenvalue weighted by Gasteiger charge is -2.11. The number of aryl methyl sites for hydroxylation is 1. The second-order valence-electron chi connectivity index (χ2n) is 5.16. The molecule has 1 N–H and O–H groups in total. The van der Waals surface area contributed by atoms with E-state index in [1.807, 2.05) is 13.0 Å². The second kappa shape index (κ2) is 8.68. The number of amides is 1. The van der Waals surface area contributed by atoms with Crippen molar-refractivity contribution in [1.29, 1.82) is 0 Å². The Morgan fingerprint density at radius 1 is 1.08 bits per heavy atom. The van der Waals surface area contributed by atoms with Gasteiger partial charge >= 0.3 is 5.97 Å². The van der Waals surface area contributed by atoms with E-state index in [1.165, 1.54) is 31.4 Å². The summed E-state index contributed by atoms with van der Waals surface area (Å²) in [4.78, 5) is 23.5. The molecule has 0 bridgehead atoms. The summed E-state index contributed by atoms with van der Waals surface area (Å²) in [5.74, 6) is -0.787. The molecule has 0 aliphatic carbocycles. The first kappa shape index (κ1) is 18.3. The van der Waals surface area contributed by atoms with E-state index in [0.717, 1.165) is 5.56 Å². The molecule has 0 saturated heterocycles. The van der Waals surface area contributed by atoms with Gasteiger partial charge in [-0.05, 0) is 48.9 Å². The number of methoxy groups -OCH3 is 1. The first-order chi connectivity index (χ1) is 12.0. The lowest BCUT2D eigenvalue weighted by Crippen LogP contribution is -2.23. The molecule has 0 aliphatic heterocycles. The van der Waals surface area contributed by atoms with Gasteiger partial charge in [0.05, 0.1) is 12.8 Å². The van der Waals surface area contributed by atoms with Gasteiger partial charge in [0.15, 0.2) is 13.2 Å². The van der Waals surface area contributed by atoms with E-state index >= 15 is 0 Å². The Morgan fingerprint density at radius 3 is 2.48 bits per heavy atom. The lowest BCUT2D eigenvalue weighted by molar-refractivity contribution is -0.149. The van der Waals surface area contributed by atoms with Crippen LogP contribution >= 0.6 is 0 Å². The summed E-state index contributed by atoms with van der Waals surface area (Å²) in [6.45, 7) is 1.04. The molecule has 1 amide bonds. The number of carbonyl (C=O) groups excluding carboxylic acids is 2. The molecule has 6 nitrogen and oxygen atoms in total. The Morgan fingerprint density at radius 2 is 1.80 bits per heavy atom. The van der Waals surface area contributed by atoms with Crippen LogP contribution in [-0.2, 0) is 14.3 Å². The quantitative estimate of drug-likeness (QED) is 0.780. The van der Waals surface area contributed by atoms with Gasteiger partial charge in [-0.25, -0.2) is 9.18 Å². The number of hydrogen-bond donors (Lipinski definition) is 1. The zero-order chi connectivity index (χ0) is 18.2. The summed E-state index contributed by atoms with van der Waals surface area (Å²) in [7, 11) is 1.49. The lowest BCUT2D eigenvalue weighted by atomic mass is 10.2. The molecule has 2 aromatic carbocycles. The van der Waals surface area contributed by atoms with Crippen molar-refractivity contribution in [2.75, 3.05) is 25.6 Å². The predicted molar refractivity (Wildman–Crippen MR) is 89.2 cm³/mol. The van der Waals surface area contributed by atoms with Gasteiger partial charge in [-0.15, -0.1) is 0 Å². The van der Waals surface area contributed by atoms with E-state index in [4.69, 9.17) is 14.2 Å². The molecule has 2 rings (SSSR count). The Labute approximate surface area is 144 Å². The number of nitrogens with one attached hydrogen (secondary N) is 1. The van der Waals surface area contributed by atoms with Gasteiger partial charge < -0.3 is 19.5 Å². The first-order valence-corrected chi connectivity index (χ1v) is 7.46. The SMILES string of the molecule is COc1ccc(C)cc1NC(=O)COC(=O)COc1ccc(F)cc1. The highest BCUT2D eigenvalue weighted by Gasteiger charge is 2.11. The van der Waals surface area contributed by atoms with Gasteiger partial charge in [0.2, 0.25) is 0 Å². The largest absolute Gasteiger partial charge is 0.495 e. The minimum Gasteiger partial charge on any atom is -0.495 e. The summed E-state index contributed by atoms with van der Waals surface area (Å²) in [5.41, 5.74) is 1.44. The number of esters is 1. The zero-order valence-electron chi connectivity index (χ0n) is 13.9. The third-order valence-electron chi connectivity index (χ3n) is 3.16. The van der Waals surface area contributed by atoms with Crippen LogP contribution in [0.2, 0.25) is 0 Å². The molecule has 25 heavy (non-hydrogen) atoms. The maximum atomic E-state index is 12.8. The maximum Gasteiger partial charge on any atom is 0.344 e. The van der Waals surface area contributed by atoms with E-state index in [9.17, 15) is 14.0 Å².